The molecule has 1 aromatic rings. The lowest BCUT2D eigenvalue weighted by molar-refractivity contribution is 0.347. The van der Waals surface area contributed by atoms with Crippen LogP contribution >= 0.6 is 15.9 Å². The summed E-state index contributed by atoms with van der Waals surface area (Å²) in [4.78, 5) is 0. The summed E-state index contributed by atoms with van der Waals surface area (Å²) in [6, 6.07) is 6.21. The first-order chi connectivity index (χ1) is 8.67. The molecule has 1 aromatic carbocycles. The van der Waals surface area contributed by atoms with Crippen molar-refractivity contribution in [2.45, 2.75) is 33.2 Å². The monoisotopic (exact) mass is 311 g/mol. The average Bonchev–Trinajstić information content (AvgIpc) is 2.37. The third kappa shape index (κ3) is 5.23. The fourth-order valence-electron chi connectivity index (χ4n) is 1.46. The molecule has 0 saturated heterocycles. The maximum absolute atomic E-state index is 5.70. The second-order valence-electron chi connectivity index (χ2n) is 4.33. The van der Waals surface area contributed by atoms with E-state index in [0.29, 0.717) is 6.61 Å². The maximum atomic E-state index is 5.70. The molecule has 18 heavy (non-hydrogen) atoms. The van der Waals surface area contributed by atoms with E-state index in [4.69, 9.17) is 4.74 Å². The van der Waals surface area contributed by atoms with Crippen LogP contribution in [0.25, 0.3) is 0 Å². The first kappa shape index (κ1) is 15.3. The molecule has 0 spiro atoms. The molecule has 2 nitrogen and oxygen atoms in total. The van der Waals surface area contributed by atoms with Gasteiger partial charge in [-0.1, -0.05) is 26.5 Å². The Kier molecular flexibility index (Phi) is 7.06. The predicted octanol–water partition coefficient (Wildman–Crippen LogP) is 4.29. The van der Waals surface area contributed by atoms with Gasteiger partial charge in [0.1, 0.15) is 12.4 Å². The lowest BCUT2D eigenvalue weighted by atomic mass is 10.2. The fraction of sp³-hybridized carbons (Fsp3) is 0.467. The van der Waals surface area contributed by atoms with E-state index < -0.39 is 0 Å². The van der Waals surface area contributed by atoms with Gasteiger partial charge in [-0.3, -0.25) is 0 Å². The van der Waals surface area contributed by atoms with Crippen molar-refractivity contribution in [3.8, 4) is 5.75 Å². The Morgan fingerprint density at radius 1 is 1.39 bits per heavy atom. The van der Waals surface area contributed by atoms with Crippen molar-refractivity contribution in [3.05, 3.63) is 40.4 Å². The molecule has 0 fully saturated rings. The van der Waals surface area contributed by atoms with Gasteiger partial charge < -0.3 is 10.1 Å². The van der Waals surface area contributed by atoms with Crippen LogP contribution in [0.15, 0.2) is 34.8 Å². The molecular weight excluding hydrogens is 290 g/mol. The molecule has 0 aliphatic carbocycles. The van der Waals surface area contributed by atoms with Crippen molar-refractivity contribution < 1.29 is 4.74 Å². The highest BCUT2D eigenvalue weighted by Crippen LogP contribution is 2.26. The molecular formula is C15H22BrNO. The fourth-order valence-corrected chi connectivity index (χ4v) is 2.00. The number of rotatable bonds is 8. The zero-order valence-corrected chi connectivity index (χ0v) is 12.8. The van der Waals surface area contributed by atoms with Crippen molar-refractivity contribution in [3.63, 3.8) is 0 Å². The highest BCUT2D eigenvalue weighted by molar-refractivity contribution is 9.10. The summed E-state index contributed by atoms with van der Waals surface area (Å²) in [5.74, 6) is 0.879. The molecule has 0 aromatic heterocycles. The van der Waals surface area contributed by atoms with Crippen molar-refractivity contribution in [2.75, 3.05) is 13.2 Å². The summed E-state index contributed by atoms with van der Waals surface area (Å²) in [6.07, 6.45) is 2.11. The molecule has 1 rings (SSSR count). The average molecular weight is 312 g/mol. The summed E-state index contributed by atoms with van der Waals surface area (Å²) < 4.78 is 6.71. The third-order valence-corrected chi connectivity index (χ3v) is 3.30. The number of ether oxygens (including phenoxy) is 1. The smallest absolute Gasteiger partial charge is 0.133 e. The van der Waals surface area contributed by atoms with Crippen molar-refractivity contribution in [1.82, 2.24) is 5.32 Å². The Hall–Kier alpha value is -0.800. The van der Waals surface area contributed by atoms with Gasteiger partial charge in [0.05, 0.1) is 4.47 Å². The van der Waals surface area contributed by atoms with E-state index in [1.165, 1.54) is 5.56 Å². The van der Waals surface area contributed by atoms with E-state index in [1.807, 2.05) is 6.07 Å². The van der Waals surface area contributed by atoms with E-state index >= 15 is 0 Å². The van der Waals surface area contributed by atoms with Gasteiger partial charge in [-0.15, -0.1) is 0 Å². The molecule has 100 valence electrons. The van der Waals surface area contributed by atoms with Gasteiger partial charge in [0, 0.05) is 6.54 Å². The SMILES string of the molecule is C=C(CC)COc1ccc(CNCCC)cc1Br. The summed E-state index contributed by atoms with van der Waals surface area (Å²) in [7, 11) is 0. The lowest BCUT2D eigenvalue weighted by Gasteiger charge is -2.11. The molecule has 3 heteroatoms. The van der Waals surface area contributed by atoms with Crippen LogP contribution in [0.2, 0.25) is 0 Å². The van der Waals surface area contributed by atoms with Crippen LogP contribution in [0.4, 0.5) is 0 Å². The molecule has 1 N–H and O–H groups in total. The largest absolute Gasteiger partial charge is 0.488 e. The van der Waals surface area contributed by atoms with Gasteiger partial charge in [-0.25, -0.2) is 0 Å². The minimum atomic E-state index is 0.586. The van der Waals surface area contributed by atoms with Gasteiger partial charge in [-0.05, 0) is 58.6 Å². The summed E-state index contributed by atoms with van der Waals surface area (Å²) in [6.45, 7) is 10.7. The Morgan fingerprint density at radius 3 is 2.78 bits per heavy atom. The number of hydrogen-bond donors (Lipinski definition) is 1. The summed E-state index contributed by atoms with van der Waals surface area (Å²) in [5.41, 5.74) is 2.37. The number of benzene rings is 1. The topological polar surface area (TPSA) is 21.3 Å². The summed E-state index contributed by atoms with van der Waals surface area (Å²) >= 11 is 3.55. The Labute approximate surface area is 119 Å². The van der Waals surface area contributed by atoms with Crippen molar-refractivity contribution >= 4 is 15.9 Å². The highest BCUT2D eigenvalue weighted by Gasteiger charge is 2.03. The van der Waals surface area contributed by atoms with Gasteiger partial charge >= 0.3 is 0 Å². The molecule has 0 aliphatic heterocycles. The van der Waals surface area contributed by atoms with Gasteiger partial charge in [-0.2, -0.15) is 0 Å². The first-order valence-corrected chi connectivity index (χ1v) is 7.25. The normalized spacial score (nSPS) is 10.4. The Bertz CT molecular complexity index is 390. The van der Waals surface area contributed by atoms with Crippen LogP contribution in [0, 0.1) is 0 Å². The van der Waals surface area contributed by atoms with Crippen LogP contribution in [0.3, 0.4) is 0 Å². The third-order valence-electron chi connectivity index (χ3n) is 2.68. The van der Waals surface area contributed by atoms with Crippen LogP contribution in [0.5, 0.6) is 5.75 Å². The minimum Gasteiger partial charge on any atom is -0.488 e. The quantitative estimate of drug-likeness (QED) is 0.571. The second kappa shape index (κ2) is 8.33. The van der Waals surface area contributed by atoms with Gasteiger partial charge in [0.2, 0.25) is 0 Å². The van der Waals surface area contributed by atoms with Crippen molar-refractivity contribution in [2.24, 2.45) is 0 Å². The van der Waals surface area contributed by atoms with E-state index in [-0.39, 0.29) is 0 Å². The number of hydrogen-bond acceptors (Lipinski definition) is 2. The highest BCUT2D eigenvalue weighted by atomic mass is 79.9. The molecule has 0 amide bonds. The van der Waals surface area contributed by atoms with Gasteiger partial charge in [0.25, 0.3) is 0 Å². The van der Waals surface area contributed by atoms with Crippen LogP contribution < -0.4 is 10.1 Å². The Balaban J connectivity index is 2.53. The second-order valence-corrected chi connectivity index (χ2v) is 5.19. The van der Waals surface area contributed by atoms with Crippen LogP contribution in [-0.2, 0) is 6.54 Å². The molecule has 0 bridgehead atoms. The van der Waals surface area contributed by atoms with Crippen molar-refractivity contribution in [1.29, 1.82) is 0 Å². The minimum absolute atomic E-state index is 0.586. The molecule has 0 radical (unpaired) electrons. The standard InChI is InChI=1S/C15H22BrNO/c1-4-8-17-10-13-6-7-15(14(16)9-13)18-11-12(3)5-2/h6-7,9,17H,3-5,8,10-11H2,1-2H3. The van der Waals surface area contributed by atoms with Crippen LogP contribution in [-0.4, -0.2) is 13.2 Å². The predicted molar refractivity (Wildman–Crippen MR) is 81.1 cm³/mol. The number of halogens is 1. The molecule has 0 atom stereocenters. The Morgan fingerprint density at radius 2 is 2.17 bits per heavy atom. The van der Waals surface area contributed by atoms with E-state index in [1.54, 1.807) is 0 Å². The summed E-state index contributed by atoms with van der Waals surface area (Å²) in [5, 5.41) is 3.38. The molecule has 0 heterocycles. The molecule has 0 unspecified atom stereocenters. The maximum Gasteiger partial charge on any atom is 0.133 e. The lowest BCUT2D eigenvalue weighted by Crippen LogP contribution is -2.13. The van der Waals surface area contributed by atoms with E-state index in [9.17, 15) is 0 Å². The van der Waals surface area contributed by atoms with E-state index in [0.717, 1.165) is 41.7 Å². The molecule has 0 aliphatic rings. The van der Waals surface area contributed by atoms with Gasteiger partial charge in [0.15, 0.2) is 0 Å². The molecule has 0 saturated carbocycles. The number of nitrogens with one attached hydrogen (secondary N) is 1. The van der Waals surface area contributed by atoms with E-state index in [2.05, 4.69) is 53.8 Å². The first-order valence-electron chi connectivity index (χ1n) is 6.46. The zero-order chi connectivity index (χ0) is 13.4. The van der Waals surface area contributed by atoms with Crippen LogP contribution in [0.1, 0.15) is 32.3 Å². The zero-order valence-electron chi connectivity index (χ0n) is 11.3.